The van der Waals surface area contributed by atoms with Gasteiger partial charge in [0.15, 0.2) is 11.5 Å². The minimum absolute atomic E-state index is 0.111. The Morgan fingerprint density at radius 2 is 1.89 bits per heavy atom. The number of ether oxygens (including phenoxy) is 1. The molecule has 5 heteroatoms. The van der Waals surface area contributed by atoms with Crippen LogP contribution in [-0.4, -0.2) is 16.2 Å². The Bertz CT molecular complexity index is 610. The number of benzene rings is 2. The first-order chi connectivity index (χ1) is 9.09. The van der Waals surface area contributed by atoms with Crippen LogP contribution in [0.25, 0.3) is 0 Å². The van der Waals surface area contributed by atoms with Crippen LogP contribution in [0.2, 0.25) is 5.02 Å². The third-order valence-corrected chi connectivity index (χ3v) is 2.94. The van der Waals surface area contributed by atoms with E-state index in [2.05, 4.69) is 0 Å². The van der Waals surface area contributed by atoms with E-state index in [4.69, 9.17) is 21.4 Å². The number of carbonyl (C=O) groups is 1. The van der Waals surface area contributed by atoms with Gasteiger partial charge in [-0.05, 0) is 18.2 Å². The molecule has 0 amide bonds. The van der Waals surface area contributed by atoms with E-state index in [1.54, 1.807) is 18.2 Å². The molecule has 0 radical (unpaired) electrons. The predicted octanol–water partition coefficient (Wildman–Crippen LogP) is 3.32. The minimum Gasteiger partial charge on any atom is -0.504 e. The van der Waals surface area contributed by atoms with Crippen molar-refractivity contribution in [2.45, 2.75) is 6.61 Å². The summed E-state index contributed by atoms with van der Waals surface area (Å²) in [4.78, 5) is 10.9. The molecule has 0 aliphatic rings. The zero-order valence-electron chi connectivity index (χ0n) is 9.84. The molecule has 0 fully saturated rings. The zero-order chi connectivity index (χ0) is 13.8. The highest BCUT2D eigenvalue weighted by atomic mass is 35.5. The van der Waals surface area contributed by atoms with E-state index in [1.807, 2.05) is 6.07 Å². The molecule has 0 saturated heterocycles. The van der Waals surface area contributed by atoms with Crippen molar-refractivity contribution < 1.29 is 19.7 Å². The Hall–Kier alpha value is -2.20. The summed E-state index contributed by atoms with van der Waals surface area (Å²) < 4.78 is 5.40. The van der Waals surface area contributed by atoms with Crippen molar-refractivity contribution in [1.82, 2.24) is 0 Å². The van der Waals surface area contributed by atoms with Crippen LogP contribution in [0, 0.1) is 0 Å². The number of halogens is 1. The second-order valence-electron chi connectivity index (χ2n) is 3.84. The number of carboxylic acids is 1. The summed E-state index contributed by atoms with van der Waals surface area (Å²) in [6, 6.07) is 11.4. The van der Waals surface area contributed by atoms with Gasteiger partial charge in [0.05, 0.1) is 0 Å². The summed E-state index contributed by atoms with van der Waals surface area (Å²) in [6.45, 7) is 0.149. The van der Waals surface area contributed by atoms with Crippen LogP contribution < -0.4 is 4.74 Å². The van der Waals surface area contributed by atoms with Gasteiger partial charge in [0.25, 0.3) is 0 Å². The van der Waals surface area contributed by atoms with E-state index in [-0.39, 0.29) is 23.7 Å². The summed E-state index contributed by atoms with van der Waals surface area (Å²) in [5, 5.41) is 19.2. The molecule has 0 spiro atoms. The minimum atomic E-state index is -1.21. The van der Waals surface area contributed by atoms with E-state index in [1.165, 1.54) is 18.2 Å². The first kappa shape index (κ1) is 13.2. The molecule has 2 N–H and O–H groups in total. The third kappa shape index (κ3) is 2.98. The molecule has 0 saturated carbocycles. The third-order valence-electron chi connectivity index (χ3n) is 2.57. The molecule has 4 nitrogen and oxygen atoms in total. The molecule has 0 atom stereocenters. The fraction of sp³-hybridized carbons (Fsp3) is 0.0714. The lowest BCUT2D eigenvalue weighted by molar-refractivity contribution is 0.0692. The molecule has 0 heterocycles. The predicted molar refractivity (Wildman–Crippen MR) is 70.9 cm³/mol. The van der Waals surface area contributed by atoms with Gasteiger partial charge in [-0.15, -0.1) is 0 Å². The normalized spacial score (nSPS) is 10.2. The molecule has 0 aliphatic heterocycles. The Kier molecular flexibility index (Phi) is 3.92. The first-order valence-electron chi connectivity index (χ1n) is 5.51. The molecular weight excluding hydrogens is 268 g/mol. The summed E-state index contributed by atoms with van der Waals surface area (Å²) in [7, 11) is 0. The average molecular weight is 279 g/mol. The van der Waals surface area contributed by atoms with Crippen molar-refractivity contribution in [3.63, 3.8) is 0 Å². The van der Waals surface area contributed by atoms with Gasteiger partial charge in [-0.1, -0.05) is 35.9 Å². The first-order valence-corrected chi connectivity index (χ1v) is 5.89. The van der Waals surface area contributed by atoms with Gasteiger partial charge < -0.3 is 14.9 Å². The van der Waals surface area contributed by atoms with Crippen LogP contribution in [0.3, 0.4) is 0 Å². The van der Waals surface area contributed by atoms with Gasteiger partial charge in [-0.25, -0.2) is 4.79 Å². The highest BCUT2D eigenvalue weighted by molar-refractivity contribution is 6.31. The number of phenols is 1. The van der Waals surface area contributed by atoms with E-state index in [9.17, 15) is 9.90 Å². The average Bonchev–Trinajstić information content (AvgIpc) is 2.39. The van der Waals surface area contributed by atoms with Crippen LogP contribution in [-0.2, 0) is 6.61 Å². The summed E-state index contributed by atoms with van der Waals surface area (Å²) in [5.41, 5.74) is 0.556. The van der Waals surface area contributed by atoms with E-state index in [0.29, 0.717) is 5.02 Å². The molecular formula is C14H11ClO4. The molecule has 2 aromatic rings. The highest BCUT2D eigenvalue weighted by Gasteiger charge is 2.14. The van der Waals surface area contributed by atoms with Crippen molar-refractivity contribution in [2.75, 3.05) is 0 Å². The smallest absolute Gasteiger partial charge is 0.339 e. The lowest BCUT2D eigenvalue weighted by atomic mass is 10.2. The largest absolute Gasteiger partial charge is 0.504 e. The van der Waals surface area contributed by atoms with Crippen molar-refractivity contribution in [2.24, 2.45) is 0 Å². The molecule has 98 valence electrons. The van der Waals surface area contributed by atoms with E-state index < -0.39 is 5.97 Å². The number of para-hydroxylation sites is 1. The van der Waals surface area contributed by atoms with Gasteiger partial charge in [0.1, 0.15) is 12.2 Å². The fourth-order valence-corrected chi connectivity index (χ4v) is 1.77. The van der Waals surface area contributed by atoms with Crippen molar-refractivity contribution >= 4 is 17.6 Å². The van der Waals surface area contributed by atoms with Crippen molar-refractivity contribution in [3.8, 4) is 11.5 Å². The molecule has 0 bridgehead atoms. The quantitative estimate of drug-likeness (QED) is 0.900. The van der Waals surface area contributed by atoms with Gasteiger partial charge in [-0.3, -0.25) is 0 Å². The lowest BCUT2D eigenvalue weighted by Gasteiger charge is -2.10. The summed E-state index contributed by atoms with van der Waals surface area (Å²) in [5.74, 6) is -1.48. The molecule has 0 unspecified atom stereocenters. The summed E-state index contributed by atoms with van der Waals surface area (Å²) in [6.07, 6.45) is 0. The number of aromatic carboxylic acids is 1. The van der Waals surface area contributed by atoms with Crippen molar-refractivity contribution in [1.29, 1.82) is 0 Å². The SMILES string of the molecule is O=C(O)c1cccc(OCc2ccccc2Cl)c1O. The van der Waals surface area contributed by atoms with Gasteiger partial charge in [-0.2, -0.15) is 0 Å². The number of rotatable bonds is 4. The number of hydrogen-bond donors (Lipinski definition) is 2. The maximum atomic E-state index is 10.9. The monoisotopic (exact) mass is 278 g/mol. The lowest BCUT2D eigenvalue weighted by Crippen LogP contribution is -2.00. The molecule has 0 aromatic heterocycles. The van der Waals surface area contributed by atoms with Crippen LogP contribution in [0.15, 0.2) is 42.5 Å². The van der Waals surface area contributed by atoms with Crippen LogP contribution >= 0.6 is 11.6 Å². The Morgan fingerprint density at radius 3 is 2.58 bits per heavy atom. The van der Waals surface area contributed by atoms with Gasteiger partial charge in [0, 0.05) is 10.6 Å². The van der Waals surface area contributed by atoms with Crippen LogP contribution in [0.1, 0.15) is 15.9 Å². The maximum absolute atomic E-state index is 10.9. The Balaban J connectivity index is 2.19. The Labute approximate surface area is 114 Å². The standard InChI is InChI=1S/C14H11ClO4/c15-11-6-2-1-4-9(11)8-19-12-7-3-5-10(13(12)16)14(17)18/h1-7,16H,8H2,(H,17,18). The van der Waals surface area contributed by atoms with Crippen LogP contribution in [0.4, 0.5) is 0 Å². The molecule has 19 heavy (non-hydrogen) atoms. The molecule has 2 aromatic carbocycles. The zero-order valence-corrected chi connectivity index (χ0v) is 10.6. The second-order valence-corrected chi connectivity index (χ2v) is 4.24. The molecule has 0 aliphatic carbocycles. The Morgan fingerprint density at radius 1 is 1.16 bits per heavy atom. The fourth-order valence-electron chi connectivity index (χ4n) is 1.58. The maximum Gasteiger partial charge on any atom is 0.339 e. The van der Waals surface area contributed by atoms with Crippen molar-refractivity contribution in [3.05, 3.63) is 58.6 Å². The number of hydrogen-bond acceptors (Lipinski definition) is 3. The van der Waals surface area contributed by atoms with E-state index in [0.717, 1.165) is 5.56 Å². The number of aromatic hydroxyl groups is 1. The topological polar surface area (TPSA) is 66.8 Å². The number of carboxylic acid groups (broad SMARTS) is 1. The van der Waals surface area contributed by atoms with E-state index >= 15 is 0 Å². The van der Waals surface area contributed by atoms with Gasteiger partial charge >= 0.3 is 5.97 Å². The summed E-state index contributed by atoms with van der Waals surface area (Å²) >= 11 is 5.98. The van der Waals surface area contributed by atoms with Crippen LogP contribution in [0.5, 0.6) is 11.5 Å². The second kappa shape index (κ2) is 5.63. The van der Waals surface area contributed by atoms with Gasteiger partial charge in [0.2, 0.25) is 0 Å². The molecule has 2 rings (SSSR count). The highest BCUT2D eigenvalue weighted by Crippen LogP contribution is 2.30.